The quantitative estimate of drug-likeness (QED) is 0.695. The lowest BCUT2D eigenvalue weighted by Crippen LogP contribution is -2.08. The molecule has 26 heavy (non-hydrogen) atoms. The van der Waals surface area contributed by atoms with Crippen molar-refractivity contribution in [2.75, 3.05) is 5.32 Å². The largest absolute Gasteiger partial charge is 0.326 e. The lowest BCUT2D eigenvalue weighted by molar-refractivity contribution is -0.114. The number of hydrogen-bond donors (Lipinski definition) is 1. The van der Waals surface area contributed by atoms with Crippen LogP contribution >= 0.6 is 11.8 Å². The number of pyridine rings is 1. The van der Waals surface area contributed by atoms with Crippen molar-refractivity contribution >= 4 is 23.4 Å². The number of para-hydroxylation sites is 1. The van der Waals surface area contributed by atoms with Gasteiger partial charge in [0.2, 0.25) is 5.91 Å². The highest BCUT2D eigenvalue weighted by atomic mass is 32.2. The number of thioether (sulfide) groups is 1. The van der Waals surface area contributed by atoms with E-state index in [4.69, 9.17) is 4.98 Å². The summed E-state index contributed by atoms with van der Waals surface area (Å²) in [7, 11) is 0. The lowest BCUT2D eigenvalue weighted by atomic mass is 10.2. The first-order valence-corrected chi connectivity index (χ1v) is 9.71. The number of anilines is 1. The number of aromatic nitrogens is 3. The molecule has 0 atom stereocenters. The number of fused-ring (bicyclic) bond motifs is 1. The molecule has 1 amide bonds. The highest BCUT2D eigenvalue weighted by Crippen LogP contribution is 2.33. The third-order valence-corrected chi connectivity index (χ3v) is 5.40. The number of imidazole rings is 1. The molecular weight excluding hydrogens is 344 g/mol. The van der Waals surface area contributed by atoms with Gasteiger partial charge >= 0.3 is 0 Å². The Morgan fingerprint density at radius 2 is 2.04 bits per heavy atom. The van der Waals surface area contributed by atoms with Crippen LogP contribution in [0.15, 0.2) is 53.8 Å². The number of carbonyl (C=O) groups is 1. The van der Waals surface area contributed by atoms with Gasteiger partial charge in [-0.1, -0.05) is 36.0 Å². The highest BCUT2D eigenvalue weighted by Gasteiger charge is 2.23. The van der Waals surface area contributed by atoms with Crippen molar-refractivity contribution in [2.24, 2.45) is 0 Å². The van der Waals surface area contributed by atoms with Gasteiger partial charge in [0.1, 0.15) is 5.82 Å². The fraction of sp³-hybridized carbons (Fsp3) is 0.250. The molecule has 0 saturated carbocycles. The number of nitrogens with one attached hydrogen (secondary N) is 1. The third kappa shape index (κ3) is 3.37. The van der Waals surface area contributed by atoms with E-state index in [0.717, 1.165) is 47.2 Å². The van der Waals surface area contributed by atoms with Crippen LogP contribution in [-0.4, -0.2) is 20.4 Å². The van der Waals surface area contributed by atoms with Crippen LogP contribution in [0.25, 0.3) is 5.82 Å². The van der Waals surface area contributed by atoms with E-state index in [2.05, 4.69) is 14.9 Å². The summed E-state index contributed by atoms with van der Waals surface area (Å²) in [6.45, 7) is 1.53. The molecule has 2 heterocycles. The number of amides is 1. The van der Waals surface area contributed by atoms with Crippen molar-refractivity contribution < 1.29 is 4.79 Å². The minimum absolute atomic E-state index is 0.0589. The molecule has 5 nitrogen and oxygen atoms in total. The molecule has 0 spiro atoms. The van der Waals surface area contributed by atoms with Crippen molar-refractivity contribution in [3.63, 3.8) is 0 Å². The molecule has 1 aliphatic carbocycles. The van der Waals surface area contributed by atoms with E-state index in [1.165, 1.54) is 18.3 Å². The number of rotatable bonds is 5. The normalized spacial score (nSPS) is 12.8. The van der Waals surface area contributed by atoms with Crippen molar-refractivity contribution in [3.05, 3.63) is 65.6 Å². The topological polar surface area (TPSA) is 59.8 Å². The Bertz CT molecular complexity index is 936. The summed E-state index contributed by atoms with van der Waals surface area (Å²) >= 11 is 1.68. The van der Waals surface area contributed by atoms with Gasteiger partial charge in [0.15, 0.2) is 5.16 Å². The minimum atomic E-state index is -0.0589. The van der Waals surface area contributed by atoms with Gasteiger partial charge in [0.25, 0.3) is 0 Å². The molecule has 0 saturated heterocycles. The van der Waals surface area contributed by atoms with E-state index in [0.29, 0.717) is 0 Å². The van der Waals surface area contributed by atoms with Gasteiger partial charge in [-0.15, -0.1) is 0 Å². The van der Waals surface area contributed by atoms with Gasteiger partial charge in [-0.2, -0.15) is 0 Å². The Morgan fingerprint density at radius 3 is 2.85 bits per heavy atom. The molecule has 0 aliphatic heterocycles. The van der Waals surface area contributed by atoms with Gasteiger partial charge in [0.05, 0.1) is 5.69 Å². The first-order chi connectivity index (χ1) is 12.7. The lowest BCUT2D eigenvalue weighted by Gasteiger charge is -2.12. The van der Waals surface area contributed by atoms with Gasteiger partial charge in [-0.3, -0.25) is 9.36 Å². The third-order valence-electron chi connectivity index (χ3n) is 4.42. The molecule has 2 aromatic heterocycles. The fourth-order valence-corrected chi connectivity index (χ4v) is 4.32. The van der Waals surface area contributed by atoms with Gasteiger partial charge in [-0.05, 0) is 43.0 Å². The number of hydrogen-bond acceptors (Lipinski definition) is 4. The standard InChI is InChI=1S/C20H20N4OS/c1-14(25)22-16-8-3-2-7-15(16)13-26-20-23-17-9-6-10-18(17)24(20)19-11-4-5-12-21-19/h2-5,7-8,11-12H,6,9-10,13H2,1H3,(H,22,25). The van der Waals surface area contributed by atoms with Crippen LogP contribution in [0.4, 0.5) is 5.69 Å². The van der Waals surface area contributed by atoms with E-state index in [1.807, 2.05) is 48.7 Å². The molecule has 0 fully saturated rings. The molecular formula is C20H20N4OS. The van der Waals surface area contributed by atoms with Crippen LogP contribution < -0.4 is 5.32 Å². The van der Waals surface area contributed by atoms with Crippen LogP contribution in [0.3, 0.4) is 0 Å². The summed E-state index contributed by atoms with van der Waals surface area (Å²) in [5.41, 5.74) is 4.41. The van der Waals surface area contributed by atoms with Crippen molar-refractivity contribution in [1.82, 2.24) is 14.5 Å². The summed E-state index contributed by atoms with van der Waals surface area (Å²) < 4.78 is 2.19. The first-order valence-electron chi connectivity index (χ1n) is 8.72. The Morgan fingerprint density at radius 1 is 1.19 bits per heavy atom. The first kappa shape index (κ1) is 16.8. The summed E-state index contributed by atoms with van der Waals surface area (Å²) in [5.74, 6) is 1.59. The zero-order valence-corrected chi connectivity index (χ0v) is 15.4. The van der Waals surface area contributed by atoms with Crippen molar-refractivity contribution in [1.29, 1.82) is 0 Å². The maximum atomic E-state index is 11.4. The SMILES string of the molecule is CC(=O)Nc1ccccc1CSc1nc2c(n1-c1ccccn1)CCC2. The smallest absolute Gasteiger partial charge is 0.221 e. The van der Waals surface area contributed by atoms with E-state index in [1.54, 1.807) is 11.8 Å². The van der Waals surface area contributed by atoms with Gasteiger partial charge in [-0.25, -0.2) is 9.97 Å². The fourth-order valence-electron chi connectivity index (χ4n) is 3.27. The highest BCUT2D eigenvalue weighted by molar-refractivity contribution is 7.98. The Kier molecular flexibility index (Phi) is 4.75. The number of carbonyl (C=O) groups excluding carboxylic acids is 1. The monoisotopic (exact) mass is 364 g/mol. The Balaban J connectivity index is 1.63. The van der Waals surface area contributed by atoms with Crippen molar-refractivity contribution in [2.45, 2.75) is 37.1 Å². The van der Waals surface area contributed by atoms with E-state index in [9.17, 15) is 4.79 Å². The zero-order valence-electron chi connectivity index (χ0n) is 14.6. The molecule has 1 aliphatic rings. The second kappa shape index (κ2) is 7.33. The molecule has 0 unspecified atom stereocenters. The molecule has 1 aromatic carbocycles. The van der Waals surface area contributed by atoms with E-state index < -0.39 is 0 Å². The van der Waals surface area contributed by atoms with Crippen LogP contribution in [0.1, 0.15) is 30.3 Å². The summed E-state index contributed by atoms with van der Waals surface area (Å²) in [6.07, 6.45) is 5.05. The number of benzene rings is 1. The molecule has 1 N–H and O–H groups in total. The predicted octanol–water partition coefficient (Wildman–Crippen LogP) is 4.01. The molecule has 4 rings (SSSR count). The second-order valence-electron chi connectivity index (χ2n) is 6.29. The molecule has 0 radical (unpaired) electrons. The van der Waals surface area contributed by atoms with E-state index in [-0.39, 0.29) is 5.91 Å². The molecule has 132 valence electrons. The molecule has 0 bridgehead atoms. The van der Waals surface area contributed by atoms with Crippen molar-refractivity contribution in [3.8, 4) is 5.82 Å². The average molecular weight is 364 g/mol. The van der Waals surface area contributed by atoms with Gasteiger partial charge in [0, 0.05) is 30.3 Å². The molecule has 6 heteroatoms. The summed E-state index contributed by atoms with van der Waals surface area (Å²) in [4.78, 5) is 20.8. The maximum Gasteiger partial charge on any atom is 0.221 e. The average Bonchev–Trinajstić information content (AvgIpc) is 3.22. The predicted molar refractivity (Wildman–Crippen MR) is 104 cm³/mol. The van der Waals surface area contributed by atoms with Crippen LogP contribution in [0.5, 0.6) is 0 Å². The Labute approximate surface area is 156 Å². The summed E-state index contributed by atoms with van der Waals surface area (Å²) in [6, 6.07) is 13.9. The minimum Gasteiger partial charge on any atom is -0.326 e. The second-order valence-corrected chi connectivity index (χ2v) is 7.23. The van der Waals surface area contributed by atoms with Gasteiger partial charge < -0.3 is 5.32 Å². The van der Waals surface area contributed by atoms with E-state index >= 15 is 0 Å². The zero-order chi connectivity index (χ0) is 17.9. The van der Waals surface area contributed by atoms with Crippen LogP contribution in [0, 0.1) is 0 Å². The maximum absolute atomic E-state index is 11.4. The van der Waals surface area contributed by atoms with Crippen LogP contribution in [-0.2, 0) is 23.4 Å². The number of nitrogens with zero attached hydrogens (tertiary/aromatic N) is 3. The van der Waals surface area contributed by atoms with Crippen LogP contribution in [0.2, 0.25) is 0 Å². The molecule has 3 aromatic rings. The Hall–Kier alpha value is -2.60. The summed E-state index contributed by atoms with van der Waals surface area (Å²) in [5, 5.41) is 3.87. The number of aryl methyl sites for hydroxylation is 1.